The van der Waals surface area contributed by atoms with E-state index in [1.54, 1.807) is 0 Å². The number of carbonyl (C=O) groups excluding carboxylic acids is 1. The van der Waals surface area contributed by atoms with E-state index < -0.39 is 0 Å². The van der Waals surface area contributed by atoms with Crippen molar-refractivity contribution in [3.05, 3.63) is 0 Å². The highest BCUT2D eigenvalue weighted by Gasteiger charge is 2.35. The smallest absolute Gasteiger partial charge is 0.253 e. The summed E-state index contributed by atoms with van der Waals surface area (Å²) in [7, 11) is 0. The minimum absolute atomic E-state index is 0.184. The Morgan fingerprint density at radius 3 is 2.94 bits per heavy atom. The van der Waals surface area contributed by atoms with Crippen LogP contribution >= 0.6 is 0 Å². The second-order valence-corrected chi connectivity index (χ2v) is 5.05. The first kappa shape index (κ1) is 11.9. The van der Waals surface area contributed by atoms with E-state index in [1.165, 1.54) is 0 Å². The number of likely N-dealkylation sites (tertiary alicyclic amines) is 1. The summed E-state index contributed by atoms with van der Waals surface area (Å²) in [6, 6.07) is 0.415. The van der Waals surface area contributed by atoms with Crippen LogP contribution in [0.3, 0.4) is 0 Å². The summed E-state index contributed by atoms with van der Waals surface area (Å²) in [5.74, 6) is 0.728. The molecule has 16 heavy (non-hydrogen) atoms. The van der Waals surface area contributed by atoms with Gasteiger partial charge >= 0.3 is 0 Å². The van der Waals surface area contributed by atoms with Gasteiger partial charge in [0.15, 0.2) is 0 Å². The Bertz CT molecular complexity index is 249. The molecule has 4 heteroatoms. The van der Waals surface area contributed by atoms with Gasteiger partial charge in [-0.1, -0.05) is 13.8 Å². The molecule has 0 saturated carbocycles. The first-order valence-corrected chi connectivity index (χ1v) is 6.33. The molecule has 2 saturated heterocycles. The van der Waals surface area contributed by atoms with E-state index in [9.17, 15) is 4.79 Å². The van der Waals surface area contributed by atoms with Crippen LogP contribution < -0.4 is 5.32 Å². The van der Waals surface area contributed by atoms with Crippen molar-refractivity contribution >= 4 is 5.91 Å². The molecular formula is C12H22N2O2. The van der Waals surface area contributed by atoms with Crippen LogP contribution in [0.5, 0.6) is 0 Å². The van der Waals surface area contributed by atoms with Gasteiger partial charge in [-0.25, -0.2) is 0 Å². The average Bonchev–Trinajstić information content (AvgIpc) is 2.78. The first-order chi connectivity index (χ1) is 7.70. The van der Waals surface area contributed by atoms with Crippen LogP contribution in [-0.2, 0) is 9.53 Å². The molecule has 2 aliphatic rings. The lowest BCUT2D eigenvalue weighted by molar-refractivity contribution is -0.146. The zero-order valence-electron chi connectivity index (χ0n) is 10.2. The van der Waals surface area contributed by atoms with Crippen molar-refractivity contribution < 1.29 is 9.53 Å². The third-order valence-electron chi connectivity index (χ3n) is 3.55. The van der Waals surface area contributed by atoms with E-state index in [0.717, 1.165) is 25.9 Å². The van der Waals surface area contributed by atoms with Crippen molar-refractivity contribution in [2.45, 2.75) is 38.8 Å². The van der Waals surface area contributed by atoms with Crippen LogP contribution in [0.4, 0.5) is 0 Å². The minimum atomic E-state index is -0.256. The maximum atomic E-state index is 12.3. The monoisotopic (exact) mass is 226 g/mol. The molecule has 2 heterocycles. The summed E-state index contributed by atoms with van der Waals surface area (Å²) in [5.41, 5.74) is 0. The number of morpholine rings is 1. The molecule has 0 aliphatic carbocycles. The number of nitrogens with zero attached hydrogens (tertiary/aromatic N) is 1. The van der Waals surface area contributed by atoms with Crippen molar-refractivity contribution in [2.24, 2.45) is 5.92 Å². The quantitative estimate of drug-likeness (QED) is 0.750. The number of amides is 1. The molecule has 0 aromatic carbocycles. The van der Waals surface area contributed by atoms with Gasteiger partial charge in [0.1, 0.15) is 6.10 Å². The topological polar surface area (TPSA) is 41.6 Å². The first-order valence-electron chi connectivity index (χ1n) is 6.33. The highest BCUT2D eigenvalue weighted by molar-refractivity contribution is 5.82. The third-order valence-corrected chi connectivity index (χ3v) is 3.55. The zero-order chi connectivity index (χ0) is 11.5. The summed E-state index contributed by atoms with van der Waals surface area (Å²) < 4.78 is 5.53. The minimum Gasteiger partial charge on any atom is -0.366 e. The van der Waals surface area contributed by atoms with Gasteiger partial charge in [-0.05, 0) is 18.8 Å². The third kappa shape index (κ3) is 2.38. The van der Waals surface area contributed by atoms with Crippen LogP contribution in [0.2, 0.25) is 0 Å². The fraction of sp³-hybridized carbons (Fsp3) is 0.917. The van der Waals surface area contributed by atoms with Crippen molar-refractivity contribution in [3.63, 3.8) is 0 Å². The number of ether oxygens (including phenoxy) is 1. The van der Waals surface area contributed by atoms with E-state index in [-0.39, 0.29) is 12.0 Å². The van der Waals surface area contributed by atoms with Crippen molar-refractivity contribution in [3.8, 4) is 0 Å². The summed E-state index contributed by atoms with van der Waals surface area (Å²) in [6.45, 7) is 7.46. The highest BCUT2D eigenvalue weighted by Crippen LogP contribution is 2.24. The molecular weight excluding hydrogens is 204 g/mol. The molecule has 0 spiro atoms. The van der Waals surface area contributed by atoms with Crippen molar-refractivity contribution in [1.29, 1.82) is 0 Å². The maximum absolute atomic E-state index is 12.3. The molecule has 2 rings (SSSR count). The standard InChI is InChI=1S/C12H22N2O2/c1-9(2)10-4-3-6-14(10)12(15)11-8-13-5-7-16-11/h9-11,13H,3-8H2,1-2H3. The SMILES string of the molecule is CC(C)C1CCCN1C(=O)C1CNCCO1. The van der Waals surface area contributed by atoms with E-state index in [1.807, 2.05) is 4.90 Å². The van der Waals surface area contributed by atoms with Gasteiger partial charge < -0.3 is 15.0 Å². The molecule has 2 atom stereocenters. The molecule has 2 fully saturated rings. The summed E-state index contributed by atoms with van der Waals surface area (Å²) in [4.78, 5) is 14.3. The number of hydrogen-bond acceptors (Lipinski definition) is 3. The van der Waals surface area contributed by atoms with Gasteiger partial charge in [-0.15, -0.1) is 0 Å². The zero-order valence-corrected chi connectivity index (χ0v) is 10.2. The van der Waals surface area contributed by atoms with Gasteiger partial charge in [0, 0.05) is 25.7 Å². The highest BCUT2D eigenvalue weighted by atomic mass is 16.5. The van der Waals surface area contributed by atoms with E-state index in [2.05, 4.69) is 19.2 Å². The van der Waals surface area contributed by atoms with E-state index in [0.29, 0.717) is 25.1 Å². The predicted octanol–water partition coefficient (Wildman–Crippen LogP) is 0.622. The Kier molecular flexibility index (Phi) is 3.82. The molecule has 0 aromatic heterocycles. The Morgan fingerprint density at radius 2 is 2.31 bits per heavy atom. The Labute approximate surface area is 97.3 Å². The summed E-state index contributed by atoms with van der Waals surface area (Å²) in [6.07, 6.45) is 2.02. The lowest BCUT2D eigenvalue weighted by atomic mass is 10.0. The molecule has 92 valence electrons. The fourth-order valence-electron chi connectivity index (χ4n) is 2.67. The number of carbonyl (C=O) groups is 1. The Hall–Kier alpha value is -0.610. The molecule has 0 radical (unpaired) electrons. The van der Waals surface area contributed by atoms with Crippen molar-refractivity contribution in [2.75, 3.05) is 26.2 Å². The number of rotatable bonds is 2. The molecule has 2 unspecified atom stereocenters. The second-order valence-electron chi connectivity index (χ2n) is 5.05. The predicted molar refractivity (Wildman–Crippen MR) is 62.2 cm³/mol. The van der Waals surface area contributed by atoms with Gasteiger partial charge in [0.05, 0.1) is 6.61 Å². The van der Waals surface area contributed by atoms with Gasteiger partial charge in [-0.2, -0.15) is 0 Å². The lowest BCUT2D eigenvalue weighted by Crippen LogP contribution is -2.51. The van der Waals surface area contributed by atoms with E-state index >= 15 is 0 Å². The fourth-order valence-corrected chi connectivity index (χ4v) is 2.67. The molecule has 4 nitrogen and oxygen atoms in total. The molecule has 0 aromatic rings. The second kappa shape index (κ2) is 5.15. The Morgan fingerprint density at radius 1 is 1.50 bits per heavy atom. The van der Waals surface area contributed by atoms with Crippen LogP contribution in [0, 0.1) is 5.92 Å². The average molecular weight is 226 g/mol. The molecule has 1 amide bonds. The maximum Gasteiger partial charge on any atom is 0.253 e. The summed E-state index contributed by atoms with van der Waals surface area (Å²) in [5, 5.41) is 3.21. The largest absolute Gasteiger partial charge is 0.366 e. The van der Waals surface area contributed by atoms with Gasteiger partial charge in [0.2, 0.25) is 0 Å². The number of hydrogen-bond donors (Lipinski definition) is 1. The molecule has 2 aliphatic heterocycles. The Balaban J connectivity index is 1.97. The summed E-state index contributed by atoms with van der Waals surface area (Å²) >= 11 is 0. The van der Waals surface area contributed by atoms with Gasteiger partial charge in [-0.3, -0.25) is 4.79 Å². The normalized spacial score (nSPS) is 31.1. The van der Waals surface area contributed by atoms with Crippen LogP contribution in [0.1, 0.15) is 26.7 Å². The molecule has 1 N–H and O–H groups in total. The van der Waals surface area contributed by atoms with Crippen LogP contribution in [0.15, 0.2) is 0 Å². The number of nitrogens with one attached hydrogen (secondary N) is 1. The lowest BCUT2D eigenvalue weighted by Gasteiger charge is -2.32. The van der Waals surface area contributed by atoms with Gasteiger partial charge in [0.25, 0.3) is 5.91 Å². The van der Waals surface area contributed by atoms with Crippen LogP contribution in [0.25, 0.3) is 0 Å². The van der Waals surface area contributed by atoms with E-state index in [4.69, 9.17) is 4.74 Å². The molecule has 0 bridgehead atoms. The van der Waals surface area contributed by atoms with Crippen LogP contribution in [-0.4, -0.2) is 49.2 Å². The van der Waals surface area contributed by atoms with Crippen molar-refractivity contribution in [1.82, 2.24) is 10.2 Å².